The van der Waals surface area contributed by atoms with Crippen LogP contribution in [-0.2, 0) is 13.8 Å². The Bertz CT molecular complexity index is 306. The summed E-state index contributed by atoms with van der Waals surface area (Å²) in [7, 11) is 0.377. The number of halogens is 7. The number of hydrogen-bond acceptors (Lipinski definition) is 3. The lowest BCUT2D eigenvalue weighted by Gasteiger charge is -2.22. The number of rotatable bonds is 4. The minimum absolute atomic E-state index is 1.14. The molecular formula is C5H5ClF6O3S. The van der Waals surface area contributed by atoms with Crippen molar-refractivity contribution in [3.05, 3.63) is 0 Å². The van der Waals surface area contributed by atoms with Gasteiger partial charge in [0.2, 0.25) is 15.2 Å². The van der Waals surface area contributed by atoms with Crippen LogP contribution in [0.2, 0.25) is 0 Å². The van der Waals surface area contributed by atoms with Gasteiger partial charge >= 0.3 is 12.4 Å². The van der Waals surface area contributed by atoms with E-state index < -0.39 is 39.9 Å². The highest BCUT2D eigenvalue weighted by atomic mass is 35.7. The lowest BCUT2D eigenvalue weighted by molar-refractivity contribution is -0.320. The van der Waals surface area contributed by atoms with Gasteiger partial charge in [0.1, 0.15) is 0 Å². The SMILES string of the molecule is O=S(=O)(Cl)CCOC(C(F)(F)F)C(F)(F)F. The third-order valence-electron chi connectivity index (χ3n) is 1.21. The van der Waals surface area contributed by atoms with Gasteiger partial charge in [-0.25, -0.2) is 8.42 Å². The fourth-order valence-corrected chi connectivity index (χ4v) is 1.12. The van der Waals surface area contributed by atoms with Crippen molar-refractivity contribution in [2.24, 2.45) is 0 Å². The van der Waals surface area contributed by atoms with Crippen molar-refractivity contribution < 1.29 is 39.5 Å². The molecule has 11 heteroatoms. The molecule has 0 atom stereocenters. The quantitative estimate of drug-likeness (QED) is 0.589. The second-order valence-electron chi connectivity index (χ2n) is 2.58. The molecule has 0 saturated heterocycles. The van der Waals surface area contributed by atoms with Gasteiger partial charge in [-0.05, 0) is 0 Å². The maximum absolute atomic E-state index is 11.8. The van der Waals surface area contributed by atoms with E-state index in [0.29, 0.717) is 0 Å². The van der Waals surface area contributed by atoms with E-state index in [0.717, 1.165) is 0 Å². The smallest absolute Gasteiger partial charge is 0.360 e. The van der Waals surface area contributed by atoms with Gasteiger partial charge in [-0.15, -0.1) is 0 Å². The molecule has 16 heavy (non-hydrogen) atoms. The van der Waals surface area contributed by atoms with Crippen molar-refractivity contribution >= 4 is 19.7 Å². The van der Waals surface area contributed by atoms with Crippen molar-refractivity contribution in [1.29, 1.82) is 0 Å². The van der Waals surface area contributed by atoms with Crippen molar-refractivity contribution in [1.82, 2.24) is 0 Å². The highest BCUT2D eigenvalue weighted by Gasteiger charge is 2.57. The van der Waals surface area contributed by atoms with Crippen molar-refractivity contribution in [2.45, 2.75) is 18.5 Å². The number of hydrogen-bond donors (Lipinski definition) is 0. The third-order valence-corrected chi connectivity index (χ3v) is 2.32. The molecule has 0 aromatic heterocycles. The first-order valence-electron chi connectivity index (χ1n) is 3.51. The standard InChI is InChI=1S/C5H5ClF6O3S/c6-16(13,14)2-1-15-3(4(7,8)9)5(10,11)12/h3H,1-2H2. The lowest BCUT2D eigenvalue weighted by Crippen LogP contribution is -2.44. The Labute approximate surface area is 90.7 Å². The van der Waals surface area contributed by atoms with Crippen LogP contribution in [0.3, 0.4) is 0 Å². The summed E-state index contributed by atoms with van der Waals surface area (Å²) >= 11 is 0. The summed E-state index contributed by atoms with van der Waals surface area (Å²) in [4.78, 5) is 0. The Balaban J connectivity index is 4.49. The molecule has 0 rings (SSSR count). The molecule has 0 fully saturated rings. The Kier molecular flexibility index (Phi) is 4.89. The molecule has 0 aliphatic rings. The summed E-state index contributed by atoms with van der Waals surface area (Å²) in [5, 5.41) is 0. The molecule has 0 heterocycles. The zero-order valence-corrected chi connectivity index (χ0v) is 8.84. The molecule has 0 amide bonds. The molecule has 0 aliphatic heterocycles. The lowest BCUT2D eigenvalue weighted by atomic mass is 10.3. The minimum atomic E-state index is -5.66. The van der Waals surface area contributed by atoms with E-state index >= 15 is 0 Å². The van der Waals surface area contributed by atoms with Gasteiger partial charge < -0.3 is 4.74 Å². The van der Waals surface area contributed by atoms with Gasteiger partial charge in [-0.2, -0.15) is 26.3 Å². The van der Waals surface area contributed by atoms with E-state index in [1.807, 2.05) is 0 Å². The van der Waals surface area contributed by atoms with Crippen LogP contribution < -0.4 is 0 Å². The van der Waals surface area contributed by atoms with Crippen molar-refractivity contribution in [3.63, 3.8) is 0 Å². The molecular weight excluding hydrogens is 290 g/mol. The van der Waals surface area contributed by atoms with E-state index in [1.54, 1.807) is 0 Å². The molecule has 98 valence electrons. The maximum Gasteiger partial charge on any atom is 0.423 e. The first kappa shape index (κ1) is 15.8. The summed E-state index contributed by atoms with van der Waals surface area (Å²) < 4.78 is 94.8. The Morgan fingerprint density at radius 2 is 1.44 bits per heavy atom. The minimum Gasteiger partial charge on any atom is -0.360 e. The average molecular weight is 295 g/mol. The zero-order chi connectivity index (χ0) is 13.2. The van der Waals surface area contributed by atoms with Gasteiger partial charge in [-0.3, -0.25) is 0 Å². The zero-order valence-electron chi connectivity index (χ0n) is 7.27. The molecule has 0 spiro atoms. The van der Waals surface area contributed by atoms with Crippen LogP contribution in [0.15, 0.2) is 0 Å². The maximum atomic E-state index is 11.8. The highest BCUT2D eigenvalue weighted by Crippen LogP contribution is 2.35. The van der Waals surface area contributed by atoms with Crippen LogP contribution >= 0.6 is 10.7 Å². The van der Waals surface area contributed by atoms with E-state index in [1.165, 1.54) is 0 Å². The highest BCUT2D eigenvalue weighted by molar-refractivity contribution is 8.13. The van der Waals surface area contributed by atoms with Gasteiger partial charge in [0.25, 0.3) is 0 Å². The molecule has 0 N–H and O–H groups in total. The van der Waals surface area contributed by atoms with Crippen LogP contribution in [0.1, 0.15) is 0 Å². The monoisotopic (exact) mass is 294 g/mol. The van der Waals surface area contributed by atoms with E-state index in [-0.39, 0.29) is 0 Å². The van der Waals surface area contributed by atoms with Crippen LogP contribution in [0.25, 0.3) is 0 Å². The Hall–Kier alpha value is -0.220. The number of ether oxygens (including phenoxy) is 1. The summed E-state index contributed by atoms with van der Waals surface area (Å²) in [5.41, 5.74) is 0. The van der Waals surface area contributed by atoms with Crippen molar-refractivity contribution in [3.8, 4) is 0 Å². The van der Waals surface area contributed by atoms with Crippen molar-refractivity contribution in [2.75, 3.05) is 12.4 Å². The first-order chi connectivity index (χ1) is 6.84. The van der Waals surface area contributed by atoms with E-state index in [4.69, 9.17) is 0 Å². The molecule has 3 nitrogen and oxygen atoms in total. The van der Waals surface area contributed by atoms with Gasteiger partial charge in [-0.1, -0.05) is 0 Å². The third kappa shape index (κ3) is 6.38. The summed E-state index contributed by atoms with van der Waals surface area (Å²) in [6, 6.07) is 0. The molecule has 0 saturated carbocycles. The second kappa shape index (κ2) is 4.96. The van der Waals surface area contributed by atoms with Crippen LogP contribution in [0.4, 0.5) is 26.3 Å². The van der Waals surface area contributed by atoms with Gasteiger partial charge in [0, 0.05) is 10.7 Å². The topological polar surface area (TPSA) is 43.4 Å². The molecule has 0 radical (unpaired) electrons. The Morgan fingerprint density at radius 3 is 1.69 bits per heavy atom. The fourth-order valence-electron chi connectivity index (χ4n) is 0.640. The first-order valence-corrected chi connectivity index (χ1v) is 5.99. The largest absolute Gasteiger partial charge is 0.423 e. The Morgan fingerprint density at radius 1 is 1.06 bits per heavy atom. The van der Waals surface area contributed by atoms with Gasteiger partial charge in [0.15, 0.2) is 0 Å². The fraction of sp³-hybridized carbons (Fsp3) is 1.00. The summed E-state index contributed by atoms with van der Waals surface area (Å²) in [5.74, 6) is -1.14. The van der Waals surface area contributed by atoms with Crippen LogP contribution in [-0.4, -0.2) is 39.2 Å². The molecule has 0 bridgehead atoms. The molecule has 0 aromatic rings. The number of alkyl halides is 6. The van der Waals surface area contributed by atoms with Crippen LogP contribution in [0.5, 0.6) is 0 Å². The average Bonchev–Trinajstić information content (AvgIpc) is 1.90. The summed E-state index contributed by atoms with van der Waals surface area (Å²) in [6.45, 7) is -1.30. The normalized spacial score (nSPS) is 14.5. The van der Waals surface area contributed by atoms with E-state index in [9.17, 15) is 34.8 Å². The molecule has 0 aromatic carbocycles. The predicted molar refractivity (Wildman–Crippen MR) is 41.5 cm³/mol. The predicted octanol–water partition coefficient (Wildman–Crippen LogP) is 2.06. The molecule has 0 unspecified atom stereocenters. The van der Waals surface area contributed by atoms with Crippen LogP contribution in [0, 0.1) is 0 Å². The summed E-state index contributed by atoms with van der Waals surface area (Å²) in [6.07, 6.45) is -15.3. The second-order valence-corrected chi connectivity index (χ2v) is 5.47. The van der Waals surface area contributed by atoms with E-state index in [2.05, 4.69) is 15.4 Å². The van der Waals surface area contributed by atoms with Gasteiger partial charge in [0.05, 0.1) is 12.4 Å². The molecule has 0 aliphatic carbocycles.